The summed E-state index contributed by atoms with van der Waals surface area (Å²) < 4.78 is 15.4. The van der Waals surface area contributed by atoms with Crippen LogP contribution in [0.2, 0.25) is 0 Å². The van der Waals surface area contributed by atoms with E-state index in [4.69, 9.17) is 5.73 Å². The number of amides is 1. The molecule has 0 atom stereocenters. The van der Waals surface area contributed by atoms with E-state index in [-0.39, 0.29) is 24.8 Å². The zero-order chi connectivity index (χ0) is 14.5. The van der Waals surface area contributed by atoms with E-state index in [0.717, 1.165) is 5.56 Å². The SMILES string of the molecule is NCC(=O)NCc1cn(Cc2cccc(F)c2Br)nn1. The average molecular weight is 342 g/mol. The first-order valence-corrected chi connectivity index (χ1v) is 6.68. The fourth-order valence-electron chi connectivity index (χ4n) is 1.60. The number of aromatic nitrogens is 3. The molecule has 1 amide bonds. The predicted molar refractivity (Wildman–Crippen MR) is 74.1 cm³/mol. The number of nitrogens with one attached hydrogen (secondary N) is 1. The van der Waals surface area contributed by atoms with E-state index in [1.165, 1.54) is 6.07 Å². The highest BCUT2D eigenvalue weighted by Gasteiger charge is 2.08. The van der Waals surface area contributed by atoms with Crippen molar-refractivity contribution in [3.8, 4) is 0 Å². The number of halogens is 2. The quantitative estimate of drug-likeness (QED) is 0.842. The number of nitrogens with two attached hydrogens (primary N) is 1. The minimum absolute atomic E-state index is 0.0651. The van der Waals surface area contributed by atoms with Crippen LogP contribution in [0.5, 0.6) is 0 Å². The molecule has 1 aromatic carbocycles. The molecule has 6 nitrogen and oxygen atoms in total. The van der Waals surface area contributed by atoms with Crippen LogP contribution in [0.3, 0.4) is 0 Å². The molecule has 0 bridgehead atoms. The summed E-state index contributed by atoms with van der Waals surface area (Å²) >= 11 is 3.20. The second-order valence-corrected chi connectivity index (χ2v) is 4.89. The molecule has 1 aromatic heterocycles. The van der Waals surface area contributed by atoms with Crippen molar-refractivity contribution in [1.82, 2.24) is 20.3 Å². The van der Waals surface area contributed by atoms with Crippen molar-refractivity contribution in [2.75, 3.05) is 6.54 Å². The monoisotopic (exact) mass is 341 g/mol. The maximum atomic E-state index is 13.4. The number of hydrogen-bond acceptors (Lipinski definition) is 4. The molecule has 0 aliphatic heterocycles. The largest absolute Gasteiger partial charge is 0.349 e. The standard InChI is InChI=1S/C12H13BrFN5O/c13-12-8(2-1-3-10(12)14)6-19-7-9(17-18-19)5-16-11(20)4-15/h1-3,7H,4-6,15H2,(H,16,20). The van der Waals surface area contributed by atoms with Crippen LogP contribution in [0.4, 0.5) is 4.39 Å². The molecule has 0 unspecified atom stereocenters. The number of benzene rings is 1. The summed E-state index contributed by atoms with van der Waals surface area (Å²) in [5.41, 5.74) is 6.55. The highest BCUT2D eigenvalue weighted by atomic mass is 79.9. The molecule has 0 saturated heterocycles. The molecule has 0 fully saturated rings. The molecule has 0 spiro atoms. The molecular formula is C12H13BrFN5O. The third-order valence-electron chi connectivity index (χ3n) is 2.60. The lowest BCUT2D eigenvalue weighted by Gasteiger charge is -2.04. The number of hydrogen-bond donors (Lipinski definition) is 2. The van der Waals surface area contributed by atoms with Gasteiger partial charge in [-0.3, -0.25) is 4.79 Å². The zero-order valence-corrected chi connectivity index (χ0v) is 12.1. The Balaban J connectivity index is 2.02. The van der Waals surface area contributed by atoms with E-state index in [1.807, 2.05) is 0 Å². The lowest BCUT2D eigenvalue weighted by molar-refractivity contribution is -0.119. The van der Waals surface area contributed by atoms with Crippen molar-refractivity contribution in [3.05, 3.63) is 45.9 Å². The zero-order valence-electron chi connectivity index (χ0n) is 10.5. The number of carbonyl (C=O) groups excluding carboxylic acids is 1. The molecule has 106 valence electrons. The molecular weight excluding hydrogens is 329 g/mol. The van der Waals surface area contributed by atoms with Gasteiger partial charge >= 0.3 is 0 Å². The predicted octanol–water partition coefficient (Wildman–Crippen LogP) is 0.803. The number of carbonyl (C=O) groups is 1. The van der Waals surface area contributed by atoms with Gasteiger partial charge in [0, 0.05) is 0 Å². The smallest absolute Gasteiger partial charge is 0.234 e. The van der Waals surface area contributed by atoms with Gasteiger partial charge in [0.05, 0.1) is 30.3 Å². The number of nitrogens with zero attached hydrogens (tertiary/aromatic N) is 3. The van der Waals surface area contributed by atoms with E-state index in [2.05, 4.69) is 31.6 Å². The van der Waals surface area contributed by atoms with Crippen molar-refractivity contribution < 1.29 is 9.18 Å². The van der Waals surface area contributed by atoms with E-state index in [0.29, 0.717) is 16.7 Å². The van der Waals surface area contributed by atoms with Crippen LogP contribution in [-0.2, 0) is 17.9 Å². The molecule has 0 aliphatic rings. The lowest BCUT2D eigenvalue weighted by atomic mass is 10.2. The van der Waals surface area contributed by atoms with Gasteiger partial charge in [-0.25, -0.2) is 9.07 Å². The summed E-state index contributed by atoms with van der Waals surface area (Å²) in [6.45, 7) is 0.584. The summed E-state index contributed by atoms with van der Waals surface area (Å²) in [6, 6.07) is 4.81. The summed E-state index contributed by atoms with van der Waals surface area (Å²) in [6.07, 6.45) is 1.69. The Morgan fingerprint density at radius 3 is 3.05 bits per heavy atom. The fraction of sp³-hybridized carbons (Fsp3) is 0.250. The minimum atomic E-state index is -0.321. The van der Waals surface area contributed by atoms with Crippen LogP contribution in [0.15, 0.2) is 28.9 Å². The van der Waals surface area contributed by atoms with Crippen molar-refractivity contribution in [2.24, 2.45) is 5.73 Å². The Kier molecular flexibility index (Phi) is 4.80. The molecule has 2 rings (SSSR count). The van der Waals surface area contributed by atoms with Crippen LogP contribution < -0.4 is 11.1 Å². The summed E-state index contributed by atoms with van der Waals surface area (Å²) in [7, 11) is 0. The van der Waals surface area contributed by atoms with Crippen molar-refractivity contribution >= 4 is 21.8 Å². The second kappa shape index (κ2) is 6.58. The Morgan fingerprint density at radius 1 is 1.50 bits per heavy atom. The second-order valence-electron chi connectivity index (χ2n) is 4.10. The lowest BCUT2D eigenvalue weighted by Crippen LogP contribution is -2.29. The van der Waals surface area contributed by atoms with Gasteiger partial charge in [0.25, 0.3) is 0 Å². The Morgan fingerprint density at radius 2 is 2.30 bits per heavy atom. The Labute approximate surface area is 123 Å². The van der Waals surface area contributed by atoms with Gasteiger partial charge in [-0.05, 0) is 27.6 Å². The van der Waals surface area contributed by atoms with Crippen molar-refractivity contribution in [3.63, 3.8) is 0 Å². The highest BCUT2D eigenvalue weighted by Crippen LogP contribution is 2.20. The molecule has 3 N–H and O–H groups in total. The van der Waals surface area contributed by atoms with Gasteiger partial charge in [-0.2, -0.15) is 0 Å². The normalized spacial score (nSPS) is 10.6. The van der Waals surface area contributed by atoms with Crippen molar-refractivity contribution in [1.29, 1.82) is 0 Å². The van der Waals surface area contributed by atoms with Gasteiger partial charge in [0.15, 0.2) is 0 Å². The topological polar surface area (TPSA) is 85.8 Å². The highest BCUT2D eigenvalue weighted by molar-refractivity contribution is 9.10. The van der Waals surface area contributed by atoms with E-state index in [9.17, 15) is 9.18 Å². The van der Waals surface area contributed by atoms with Crippen LogP contribution >= 0.6 is 15.9 Å². The first-order valence-electron chi connectivity index (χ1n) is 5.89. The van der Waals surface area contributed by atoms with Crippen LogP contribution in [0.1, 0.15) is 11.3 Å². The Hall–Kier alpha value is -1.80. The van der Waals surface area contributed by atoms with Gasteiger partial charge in [0.1, 0.15) is 11.5 Å². The van der Waals surface area contributed by atoms with Gasteiger partial charge in [0.2, 0.25) is 5.91 Å². The van der Waals surface area contributed by atoms with Crippen LogP contribution in [0, 0.1) is 5.82 Å². The molecule has 8 heteroatoms. The first-order chi connectivity index (χ1) is 9.60. The summed E-state index contributed by atoms with van der Waals surface area (Å²) in [5.74, 6) is -0.578. The van der Waals surface area contributed by atoms with Gasteiger partial charge in [-0.1, -0.05) is 17.3 Å². The summed E-state index contributed by atoms with van der Waals surface area (Å²) in [4.78, 5) is 11.0. The summed E-state index contributed by atoms with van der Waals surface area (Å²) in [5, 5.41) is 10.4. The van der Waals surface area contributed by atoms with Gasteiger partial charge in [-0.15, -0.1) is 5.10 Å². The molecule has 0 radical (unpaired) electrons. The van der Waals surface area contributed by atoms with E-state index < -0.39 is 0 Å². The molecule has 0 saturated carbocycles. The molecule has 1 heterocycles. The molecule has 20 heavy (non-hydrogen) atoms. The van der Waals surface area contributed by atoms with Crippen molar-refractivity contribution in [2.45, 2.75) is 13.1 Å². The fourth-order valence-corrected chi connectivity index (χ4v) is 1.99. The number of rotatable bonds is 5. The third kappa shape index (κ3) is 3.61. The maximum absolute atomic E-state index is 13.4. The van der Waals surface area contributed by atoms with E-state index in [1.54, 1.807) is 23.0 Å². The van der Waals surface area contributed by atoms with E-state index >= 15 is 0 Å². The van der Waals surface area contributed by atoms with Crippen LogP contribution in [0.25, 0.3) is 0 Å². The third-order valence-corrected chi connectivity index (χ3v) is 3.49. The van der Waals surface area contributed by atoms with Gasteiger partial charge < -0.3 is 11.1 Å². The minimum Gasteiger partial charge on any atom is -0.349 e. The van der Waals surface area contributed by atoms with Crippen LogP contribution in [-0.4, -0.2) is 27.4 Å². The Bertz CT molecular complexity index is 616. The molecule has 2 aromatic rings. The first kappa shape index (κ1) is 14.6. The molecule has 0 aliphatic carbocycles. The average Bonchev–Trinajstić information content (AvgIpc) is 2.89. The maximum Gasteiger partial charge on any atom is 0.234 e.